The number of hydrogen-bond donors (Lipinski definition) is 0. The van der Waals surface area contributed by atoms with Crippen LogP contribution in [0.25, 0.3) is 0 Å². The van der Waals surface area contributed by atoms with Gasteiger partial charge in [-0.05, 0) is 5.67 Å². The molecule has 0 aromatic carbocycles. The van der Waals surface area contributed by atoms with Crippen LogP contribution in [0.1, 0.15) is 0 Å². The third kappa shape index (κ3) is 5.33. The first kappa shape index (κ1) is 12.1. The molecule has 6 heteroatoms. The predicted octanol–water partition coefficient (Wildman–Crippen LogP) is 3.82. The predicted molar refractivity (Wildman–Crippen MR) is 60.1 cm³/mol. The number of hydrogen-bond acceptors (Lipinski definition) is 0. The van der Waals surface area contributed by atoms with E-state index in [1.165, 1.54) is 0 Å². The van der Waals surface area contributed by atoms with Crippen molar-refractivity contribution in [1.29, 1.82) is 0 Å². The number of rotatable bonds is 4. The Morgan fingerprint density at radius 2 is 1.18 bits per heavy atom. The Kier molecular flexibility index (Phi) is 4.77. The fourth-order valence-corrected chi connectivity index (χ4v) is 14.2. The summed E-state index contributed by atoms with van der Waals surface area (Å²) < 4.78 is 0. The van der Waals surface area contributed by atoms with E-state index in [1.54, 1.807) is 11.4 Å². The van der Waals surface area contributed by atoms with Crippen molar-refractivity contribution in [2.45, 2.75) is 5.67 Å². The lowest BCUT2D eigenvalue weighted by atomic mass is 11.3. The lowest BCUT2D eigenvalue weighted by Crippen LogP contribution is -2.29. The molecule has 0 fully saturated rings. The first-order valence-corrected chi connectivity index (χ1v) is 11.5. The highest BCUT2D eigenvalue weighted by Gasteiger charge is 2.37. The van der Waals surface area contributed by atoms with Gasteiger partial charge in [0.05, 0.1) is 0 Å². The second-order valence-electron chi connectivity index (χ2n) is 2.11. The monoisotopic (exact) mass is 264 g/mol. The molecule has 0 N–H and O–H groups in total. The van der Waals surface area contributed by atoms with Gasteiger partial charge in [-0.3, -0.25) is 0 Å². The summed E-state index contributed by atoms with van der Waals surface area (Å²) in [7, 11) is 0. The van der Waals surface area contributed by atoms with Crippen LogP contribution < -0.4 is 0 Å². The SMILES string of the molecule is C=C[Si](Cl)(Cl)C[Si](Cl)(Cl)C=C. The average molecular weight is 266 g/mol. The second-order valence-corrected chi connectivity index (χ2v) is 16.6. The van der Waals surface area contributed by atoms with E-state index in [0.29, 0.717) is 5.67 Å². The molecule has 0 radical (unpaired) electrons. The van der Waals surface area contributed by atoms with Gasteiger partial charge in [0.1, 0.15) is 0 Å². The lowest BCUT2D eigenvalue weighted by Gasteiger charge is -2.17. The molecule has 0 rings (SSSR count). The van der Waals surface area contributed by atoms with Crippen molar-refractivity contribution in [1.82, 2.24) is 0 Å². The van der Waals surface area contributed by atoms with E-state index in [2.05, 4.69) is 13.2 Å². The first-order chi connectivity index (χ1) is 4.83. The average Bonchev–Trinajstić information content (AvgIpc) is 1.86. The molecule has 0 aromatic heterocycles. The zero-order chi connectivity index (χ0) is 9.12. The van der Waals surface area contributed by atoms with E-state index in [-0.39, 0.29) is 0 Å². The molecule has 0 aliphatic rings. The maximum absolute atomic E-state index is 5.89. The van der Waals surface area contributed by atoms with Crippen LogP contribution in [0.4, 0.5) is 0 Å². The van der Waals surface area contributed by atoms with Crippen LogP contribution in [-0.4, -0.2) is 13.4 Å². The molecule has 0 aliphatic heterocycles. The molecule has 0 heterocycles. The Hall–Kier alpha value is 1.07. The Bertz CT molecular complexity index is 148. The highest BCUT2D eigenvalue weighted by Crippen LogP contribution is 2.32. The van der Waals surface area contributed by atoms with E-state index in [0.717, 1.165) is 0 Å². The van der Waals surface area contributed by atoms with Gasteiger partial charge in [-0.1, -0.05) is 11.4 Å². The van der Waals surface area contributed by atoms with Gasteiger partial charge in [0.15, 0.2) is 0 Å². The second kappa shape index (κ2) is 4.35. The van der Waals surface area contributed by atoms with E-state index in [4.69, 9.17) is 44.3 Å². The molecule has 0 saturated carbocycles. The molecule has 0 unspecified atom stereocenters. The van der Waals surface area contributed by atoms with Crippen molar-refractivity contribution >= 4 is 57.7 Å². The third-order valence-electron chi connectivity index (χ3n) is 1.07. The van der Waals surface area contributed by atoms with E-state index in [1.807, 2.05) is 0 Å². The summed E-state index contributed by atoms with van der Waals surface area (Å²) in [5.74, 6) is 0. The molecule has 0 aromatic rings. The van der Waals surface area contributed by atoms with E-state index < -0.39 is 13.4 Å². The molecule has 0 spiro atoms. The molecule has 64 valence electrons. The van der Waals surface area contributed by atoms with Crippen LogP contribution in [0, 0.1) is 0 Å². The van der Waals surface area contributed by atoms with Crippen LogP contribution in [0.15, 0.2) is 24.6 Å². The summed E-state index contributed by atoms with van der Waals surface area (Å²) in [6.07, 6.45) is 0. The van der Waals surface area contributed by atoms with E-state index >= 15 is 0 Å². The molecule has 0 nitrogen and oxygen atoms in total. The minimum atomic E-state index is -2.40. The van der Waals surface area contributed by atoms with Crippen molar-refractivity contribution in [3.05, 3.63) is 24.6 Å². The van der Waals surface area contributed by atoms with Gasteiger partial charge in [-0.25, -0.2) is 0 Å². The van der Waals surface area contributed by atoms with Gasteiger partial charge < -0.3 is 0 Å². The van der Waals surface area contributed by atoms with Crippen molar-refractivity contribution in [3.63, 3.8) is 0 Å². The smallest absolute Gasteiger partial charge is 0.141 e. The summed E-state index contributed by atoms with van der Waals surface area (Å²) in [6.45, 7) is 2.24. The molecular weight excluding hydrogens is 258 g/mol. The molecule has 0 amide bonds. The largest absolute Gasteiger partial charge is 0.273 e. The molecule has 11 heavy (non-hydrogen) atoms. The lowest BCUT2D eigenvalue weighted by molar-refractivity contribution is 1.91. The fraction of sp³-hybridized carbons (Fsp3) is 0.200. The van der Waals surface area contributed by atoms with Crippen LogP contribution in [0.5, 0.6) is 0 Å². The summed E-state index contributed by atoms with van der Waals surface area (Å²) in [5, 5.41) is 0. The Balaban J connectivity index is 4.23. The standard InChI is InChI=1S/C5H8Cl4Si2/c1-3-10(6,7)5-11(8,9)4-2/h3-4H,1-2,5H2. The normalized spacial score (nSPS) is 12.7. The first-order valence-electron chi connectivity index (χ1n) is 2.86. The van der Waals surface area contributed by atoms with E-state index in [9.17, 15) is 0 Å². The minimum absolute atomic E-state index is 0.444. The molecule has 0 bridgehead atoms. The van der Waals surface area contributed by atoms with Crippen LogP contribution >= 0.6 is 44.3 Å². The van der Waals surface area contributed by atoms with Gasteiger partial charge in [-0.2, -0.15) is 0 Å². The minimum Gasteiger partial charge on any atom is -0.141 e. The van der Waals surface area contributed by atoms with Gasteiger partial charge >= 0.3 is 0 Å². The van der Waals surface area contributed by atoms with Crippen LogP contribution in [-0.2, 0) is 0 Å². The fourth-order valence-electron chi connectivity index (χ4n) is 0.459. The van der Waals surface area contributed by atoms with Gasteiger partial charge in [0.2, 0.25) is 0 Å². The number of halogens is 4. The van der Waals surface area contributed by atoms with Gasteiger partial charge in [-0.15, -0.1) is 57.5 Å². The van der Waals surface area contributed by atoms with Crippen LogP contribution in [0.2, 0.25) is 5.67 Å². The molecule has 0 aliphatic carbocycles. The van der Waals surface area contributed by atoms with Crippen molar-refractivity contribution in [2.24, 2.45) is 0 Å². The van der Waals surface area contributed by atoms with Gasteiger partial charge in [0.25, 0.3) is 13.4 Å². The van der Waals surface area contributed by atoms with Crippen molar-refractivity contribution < 1.29 is 0 Å². The summed E-state index contributed by atoms with van der Waals surface area (Å²) in [5.41, 5.74) is 3.54. The van der Waals surface area contributed by atoms with Crippen molar-refractivity contribution in [3.8, 4) is 0 Å². The molecule has 0 saturated heterocycles. The quantitative estimate of drug-likeness (QED) is 0.536. The summed E-state index contributed by atoms with van der Waals surface area (Å²) in [6, 6.07) is 0. The maximum Gasteiger partial charge on any atom is 0.273 e. The molecule has 0 atom stereocenters. The van der Waals surface area contributed by atoms with Crippen molar-refractivity contribution in [2.75, 3.05) is 0 Å². The van der Waals surface area contributed by atoms with Crippen LogP contribution in [0.3, 0.4) is 0 Å². The zero-order valence-electron chi connectivity index (χ0n) is 5.79. The highest BCUT2D eigenvalue weighted by atomic mass is 35.7. The summed E-state index contributed by atoms with van der Waals surface area (Å²) in [4.78, 5) is 0. The Labute approximate surface area is 87.6 Å². The summed E-state index contributed by atoms with van der Waals surface area (Å²) >= 11 is 23.6. The maximum atomic E-state index is 5.89. The Morgan fingerprint density at radius 3 is 1.36 bits per heavy atom. The topological polar surface area (TPSA) is 0 Å². The zero-order valence-corrected chi connectivity index (χ0v) is 10.8. The Morgan fingerprint density at radius 1 is 0.909 bits per heavy atom. The molecular formula is C5H8Cl4Si2. The third-order valence-corrected chi connectivity index (χ3v) is 12.7. The van der Waals surface area contributed by atoms with Gasteiger partial charge in [0, 0.05) is 0 Å². The highest BCUT2D eigenvalue weighted by molar-refractivity contribution is 7.58.